The van der Waals surface area contributed by atoms with Crippen LogP contribution in [0.15, 0.2) is 65.7 Å². The van der Waals surface area contributed by atoms with Crippen molar-refractivity contribution in [2.75, 3.05) is 30.4 Å². The minimum atomic E-state index is -0.0872. The Kier molecular flexibility index (Phi) is 6.01. The van der Waals surface area contributed by atoms with E-state index in [2.05, 4.69) is 21.7 Å². The number of carbonyl (C=O) groups excluding carboxylic acids is 1. The molecule has 3 aromatic rings. The number of nitrogens with zero attached hydrogens (tertiary/aromatic N) is 3. The Hall–Kier alpha value is -3.56. The number of halogens is 1. The van der Waals surface area contributed by atoms with Gasteiger partial charge >= 0.3 is 0 Å². The van der Waals surface area contributed by atoms with Crippen LogP contribution in [-0.4, -0.2) is 32.0 Å². The monoisotopic (exact) mass is 405 g/mol. The van der Waals surface area contributed by atoms with Crippen LogP contribution in [0.5, 0.6) is 0 Å². The zero-order valence-electron chi connectivity index (χ0n) is 15.8. The van der Waals surface area contributed by atoms with Gasteiger partial charge in [-0.15, -0.1) is 12.4 Å². The van der Waals surface area contributed by atoms with Gasteiger partial charge < -0.3 is 15.5 Å². The first kappa shape index (κ1) is 20.2. The van der Waals surface area contributed by atoms with Crippen molar-refractivity contribution in [3.63, 3.8) is 0 Å². The van der Waals surface area contributed by atoms with Crippen molar-refractivity contribution in [3.05, 3.63) is 71.8 Å². The van der Waals surface area contributed by atoms with E-state index in [1.54, 1.807) is 30.1 Å². The first-order chi connectivity index (χ1) is 13.6. The van der Waals surface area contributed by atoms with Gasteiger partial charge in [-0.05, 0) is 59.3 Å². The van der Waals surface area contributed by atoms with E-state index in [9.17, 15) is 4.79 Å². The van der Waals surface area contributed by atoms with E-state index in [0.29, 0.717) is 11.1 Å². The molecule has 1 aliphatic heterocycles. The zero-order valence-corrected chi connectivity index (χ0v) is 16.7. The third-order valence-electron chi connectivity index (χ3n) is 4.71. The fraction of sp³-hybridized carbons (Fsp3) is 0.136. The lowest BCUT2D eigenvalue weighted by molar-refractivity contribution is 0.0993. The maximum absolute atomic E-state index is 12.9. The predicted molar refractivity (Wildman–Crippen MR) is 119 cm³/mol. The quantitative estimate of drug-likeness (QED) is 0.694. The smallest absolute Gasteiger partial charge is 0.258 e. The molecule has 0 radical (unpaired) electrons. The second-order valence-electron chi connectivity index (χ2n) is 6.58. The molecule has 3 aromatic carbocycles. The molecule has 4 rings (SSSR count). The Morgan fingerprint density at radius 3 is 2.52 bits per heavy atom. The molecule has 0 fully saturated rings. The Bertz CT molecular complexity index is 1120. The lowest BCUT2D eigenvalue weighted by atomic mass is 10.1. The van der Waals surface area contributed by atoms with E-state index < -0.39 is 0 Å². The summed E-state index contributed by atoms with van der Waals surface area (Å²) in [5.41, 5.74) is 2.91. The molecule has 0 saturated carbocycles. The molecule has 1 heterocycles. The van der Waals surface area contributed by atoms with Crippen molar-refractivity contribution in [3.8, 4) is 6.07 Å². The average molecular weight is 406 g/mol. The normalized spacial score (nSPS) is 12.3. The van der Waals surface area contributed by atoms with Crippen LogP contribution in [-0.2, 0) is 0 Å². The summed E-state index contributed by atoms with van der Waals surface area (Å²) in [5.74, 6) is 0.669. The topological polar surface area (TPSA) is 80.5 Å². The summed E-state index contributed by atoms with van der Waals surface area (Å²) in [6.45, 7) is 1.61. The standard InChI is InChI=1S/C22H19N5O.ClH/c1-27(20-9-6-17-12-15(14-23)2-3-18(17)13-20)21(28)16-4-7-19(8-5-16)26-22-24-10-11-25-22;/h2-9,12-13H,10-11H2,1H3,(H2,24,25,26);1H. The molecule has 0 unspecified atom stereocenters. The molecule has 0 saturated heterocycles. The van der Waals surface area contributed by atoms with Gasteiger partial charge in [0, 0.05) is 30.5 Å². The maximum Gasteiger partial charge on any atom is 0.258 e. The molecular formula is C22H20ClN5O. The van der Waals surface area contributed by atoms with E-state index >= 15 is 0 Å². The van der Waals surface area contributed by atoms with Gasteiger partial charge in [-0.25, -0.2) is 0 Å². The maximum atomic E-state index is 12.9. The molecular weight excluding hydrogens is 386 g/mol. The summed E-state index contributed by atoms with van der Waals surface area (Å²) in [7, 11) is 1.76. The zero-order chi connectivity index (χ0) is 19.5. The number of carbonyl (C=O) groups is 1. The Morgan fingerprint density at radius 2 is 1.83 bits per heavy atom. The highest BCUT2D eigenvalue weighted by Crippen LogP contribution is 2.24. The van der Waals surface area contributed by atoms with Gasteiger partial charge in [-0.2, -0.15) is 5.26 Å². The average Bonchev–Trinajstić information content (AvgIpc) is 3.25. The Labute approximate surface area is 175 Å². The van der Waals surface area contributed by atoms with Crippen molar-refractivity contribution < 1.29 is 4.79 Å². The summed E-state index contributed by atoms with van der Waals surface area (Å²) >= 11 is 0. The van der Waals surface area contributed by atoms with Crippen LogP contribution in [0.4, 0.5) is 11.4 Å². The summed E-state index contributed by atoms with van der Waals surface area (Å²) in [5, 5.41) is 17.3. The van der Waals surface area contributed by atoms with Crippen LogP contribution in [0.1, 0.15) is 15.9 Å². The second kappa shape index (κ2) is 8.63. The first-order valence-electron chi connectivity index (χ1n) is 9.01. The number of nitrogens with one attached hydrogen (secondary N) is 2. The van der Waals surface area contributed by atoms with Gasteiger partial charge in [-0.3, -0.25) is 9.79 Å². The fourth-order valence-electron chi connectivity index (χ4n) is 3.14. The first-order valence-corrected chi connectivity index (χ1v) is 9.01. The van der Waals surface area contributed by atoms with Crippen LogP contribution in [0.3, 0.4) is 0 Å². The largest absolute Gasteiger partial charge is 0.354 e. The van der Waals surface area contributed by atoms with Gasteiger partial charge in [0.1, 0.15) is 0 Å². The molecule has 0 atom stereocenters. The highest BCUT2D eigenvalue weighted by atomic mass is 35.5. The number of fused-ring (bicyclic) bond motifs is 1. The minimum absolute atomic E-state index is 0. The number of rotatable bonds is 3. The van der Waals surface area contributed by atoms with E-state index in [1.807, 2.05) is 42.5 Å². The Balaban J connectivity index is 0.00000240. The molecule has 0 bridgehead atoms. The van der Waals surface area contributed by atoms with Crippen molar-refractivity contribution in [2.45, 2.75) is 0 Å². The van der Waals surface area contributed by atoms with Crippen molar-refractivity contribution >= 4 is 46.4 Å². The van der Waals surface area contributed by atoms with Crippen molar-refractivity contribution in [2.24, 2.45) is 4.99 Å². The summed E-state index contributed by atoms with van der Waals surface area (Å²) in [6.07, 6.45) is 0. The van der Waals surface area contributed by atoms with Gasteiger partial charge in [0.05, 0.1) is 18.2 Å². The Morgan fingerprint density at radius 1 is 1.10 bits per heavy atom. The summed E-state index contributed by atoms with van der Waals surface area (Å²) in [6, 6.07) is 20.8. The lowest BCUT2D eigenvalue weighted by Gasteiger charge is -2.18. The van der Waals surface area contributed by atoms with E-state index in [1.165, 1.54) is 0 Å². The van der Waals surface area contributed by atoms with Crippen LogP contribution in [0, 0.1) is 11.3 Å². The molecule has 6 nitrogen and oxygen atoms in total. The van der Waals surface area contributed by atoms with Crippen LogP contribution >= 0.6 is 12.4 Å². The van der Waals surface area contributed by atoms with E-state index in [-0.39, 0.29) is 18.3 Å². The number of amides is 1. The van der Waals surface area contributed by atoms with Gasteiger partial charge in [-0.1, -0.05) is 12.1 Å². The molecule has 7 heteroatoms. The molecule has 2 N–H and O–H groups in total. The predicted octanol–water partition coefficient (Wildman–Crippen LogP) is 3.78. The second-order valence-corrected chi connectivity index (χ2v) is 6.58. The third-order valence-corrected chi connectivity index (χ3v) is 4.71. The highest BCUT2D eigenvalue weighted by molar-refractivity contribution is 6.07. The molecule has 1 amide bonds. The molecule has 0 spiro atoms. The minimum Gasteiger partial charge on any atom is -0.354 e. The SMILES string of the molecule is CN(C(=O)c1ccc(NC2=NCCN2)cc1)c1ccc2cc(C#N)ccc2c1.Cl. The van der Waals surface area contributed by atoms with Crippen LogP contribution < -0.4 is 15.5 Å². The summed E-state index contributed by atoms with van der Waals surface area (Å²) < 4.78 is 0. The molecule has 146 valence electrons. The number of guanidine groups is 1. The van der Waals surface area contributed by atoms with Gasteiger partial charge in [0.15, 0.2) is 5.96 Å². The molecule has 29 heavy (non-hydrogen) atoms. The lowest BCUT2D eigenvalue weighted by Crippen LogP contribution is -2.27. The van der Waals surface area contributed by atoms with E-state index in [4.69, 9.17) is 5.26 Å². The number of aliphatic imine (C=N–C) groups is 1. The third kappa shape index (κ3) is 4.31. The number of hydrogen-bond acceptors (Lipinski definition) is 5. The molecule has 0 aromatic heterocycles. The number of benzene rings is 3. The van der Waals surface area contributed by atoms with Gasteiger partial charge in [0.25, 0.3) is 5.91 Å². The number of hydrogen-bond donors (Lipinski definition) is 2. The number of nitriles is 1. The van der Waals surface area contributed by atoms with Crippen molar-refractivity contribution in [1.82, 2.24) is 5.32 Å². The van der Waals surface area contributed by atoms with E-state index in [0.717, 1.165) is 41.2 Å². The van der Waals surface area contributed by atoms with Crippen LogP contribution in [0.2, 0.25) is 0 Å². The number of anilines is 2. The highest BCUT2D eigenvalue weighted by Gasteiger charge is 2.14. The molecule has 0 aliphatic carbocycles. The van der Waals surface area contributed by atoms with Crippen molar-refractivity contribution in [1.29, 1.82) is 5.26 Å². The molecule has 1 aliphatic rings. The van der Waals surface area contributed by atoms with Crippen LogP contribution in [0.25, 0.3) is 10.8 Å². The fourth-order valence-corrected chi connectivity index (χ4v) is 3.14. The summed E-state index contributed by atoms with van der Waals surface area (Å²) in [4.78, 5) is 18.8. The van der Waals surface area contributed by atoms with Gasteiger partial charge in [0.2, 0.25) is 0 Å².